The molecule has 0 aliphatic carbocycles. The maximum Gasteiger partial charge on any atom is 0.282 e. The molecule has 4 rings (SSSR count). The van der Waals surface area contributed by atoms with E-state index in [9.17, 15) is 9.59 Å². The largest absolute Gasteiger partial charge is 0.496 e. The number of carbonyl (C=O) groups is 2. The van der Waals surface area contributed by atoms with Gasteiger partial charge in [-0.3, -0.25) is 9.59 Å². The number of imide groups is 1. The third-order valence-corrected chi connectivity index (χ3v) is 6.00. The molecule has 0 saturated carbocycles. The number of rotatable bonds is 5. The molecule has 0 aromatic heterocycles. The number of nitrogens with zero attached hydrogens (tertiary/aromatic N) is 1. The summed E-state index contributed by atoms with van der Waals surface area (Å²) >= 11 is 6.29. The van der Waals surface area contributed by atoms with Crippen LogP contribution in [0.15, 0.2) is 66.4 Å². The van der Waals surface area contributed by atoms with E-state index in [1.165, 1.54) is 12.0 Å². The predicted octanol–water partition coefficient (Wildman–Crippen LogP) is 5.67. The normalized spacial score (nSPS) is 13.7. The van der Waals surface area contributed by atoms with Gasteiger partial charge in [-0.05, 0) is 61.7 Å². The first-order valence-corrected chi connectivity index (χ1v) is 10.6. The van der Waals surface area contributed by atoms with E-state index < -0.39 is 11.8 Å². The highest BCUT2D eigenvalue weighted by Crippen LogP contribution is 2.39. The second kappa shape index (κ2) is 8.52. The van der Waals surface area contributed by atoms with E-state index in [0.717, 1.165) is 16.8 Å². The lowest BCUT2D eigenvalue weighted by molar-refractivity contribution is -0.120. The third kappa shape index (κ3) is 3.65. The Kier molecular flexibility index (Phi) is 5.76. The molecule has 1 aliphatic rings. The molecule has 0 atom stereocenters. The number of ether oxygens (including phenoxy) is 1. The summed E-state index contributed by atoms with van der Waals surface area (Å²) in [6.07, 6.45) is 0. The molecule has 2 amide bonds. The van der Waals surface area contributed by atoms with Gasteiger partial charge in [-0.1, -0.05) is 48.0 Å². The van der Waals surface area contributed by atoms with E-state index in [1.54, 1.807) is 37.3 Å². The van der Waals surface area contributed by atoms with E-state index in [-0.39, 0.29) is 11.3 Å². The SMILES string of the molecule is COc1ccccc1C1=C(Nc2cc(C)ccc2C)C(=O)N(c2cccc(Cl)c2C)C1=O. The number of methoxy groups -OCH3 is 1. The van der Waals surface area contributed by atoms with Crippen molar-refractivity contribution in [3.8, 4) is 5.75 Å². The van der Waals surface area contributed by atoms with Gasteiger partial charge >= 0.3 is 0 Å². The Labute approximate surface area is 192 Å². The molecule has 162 valence electrons. The quantitative estimate of drug-likeness (QED) is 0.513. The third-order valence-electron chi connectivity index (χ3n) is 5.59. The number of anilines is 2. The van der Waals surface area contributed by atoms with Gasteiger partial charge in [0.1, 0.15) is 11.4 Å². The Balaban J connectivity index is 1.92. The second-order valence-electron chi connectivity index (χ2n) is 7.72. The van der Waals surface area contributed by atoms with Crippen LogP contribution in [0.1, 0.15) is 22.3 Å². The lowest BCUT2D eigenvalue weighted by atomic mass is 10.0. The Morgan fingerprint density at radius 1 is 0.906 bits per heavy atom. The van der Waals surface area contributed by atoms with E-state index in [4.69, 9.17) is 16.3 Å². The molecule has 1 heterocycles. The summed E-state index contributed by atoms with van der Waals surface area (Å²) in [4.78, 5) is 28.6. The van der Waals surface area contributed by atoms with Crippen LogP contribution in [-0.2, 0) is 9.59 Å². The van der Waals surface area contributed by atoms with Crippen molar-refractivity contribution in [3.63, 3.8) is 0 Å². The van der Waals surface area contributed by atoms with Gasteiger partial charge in [-0.25, -0.2) is 4.90 Å². The fourth-order valence-corrected chi connectivity index (χ4v) is 3.98. The highest BCUT2D eigenvalue weighted by molar-refractivity contribution is 6.47. The average molecular weight is 447 g/mol. The minimum Gasteiger partial charge on any atom is -0.496 e. The number of para-hydroxylation sites is 1. The molecular weight excluding hydrogens is 424 g/mol. The van der Waals surface area contributed by atoms with Crippen LogP contribution < -0.4 is 15.0 Å². The molecule has 3 aromatic rings. The monoisotopic (exact) mass is 446 g/mol. The molecule has 0 unspecified atom stereocenters. The number of hydrogen-bond acceptors (Lipinski definition) is 4. The number of benzene rings is 3. The highest BCUT2D eigenvalue weighted by Gasteiger charge is 2.42. The van der Waals surface area contributed by atoms with Crippen molar-refractivity contribution in [1.82, 2.24) is 0 Å². The highest BCUT2D eigenvalue weighted by atomic mass is 35.5. The topological polar surface area (TPSA) is 58.6 Å². The number of carbonyl (C=O) groups excluding carboxylic acids is 2. The van der Waals surface area contributed by atoms with Crippen LogP contribution in [0.3, 0.4) is 0 Å². The zero-order chi connectivity index (χ0) is 23.0. The smallest absolute Gasteiger partial charge is 0.282 e. The molecular formula is C26H23ClN2O3. The number of amides is 2. The van der Waals surface area contributed by atoms with Crippen LogP contribution >= 0.6 is 11.6 Å². The fourth-order valence-electron chi connectivity index (χ4n) is 3.81. The number of halogens is 1. The summed E-state index contributed by atoms with van der Waals surface area (Å²) in [5, 5.41) is 3.73. The maximum absolute atomic E-state index is 13.7. The zero-order valence-corrected chi connectivity index (χ0v) is 19.1. The first-order valence-electron chi connectivity index (χ1n) is 10.2. The van der Waals surface area contributed by atoms with Crippen molar-refractivity contribution < 1.29 is 14.3 Å². The molecule has 0 bridgehead atoms. The Bertz CT molecular complexity index is 1280. The summed E-state index contributed by atoms with van der Waals surface area (Å²) in [6.45, 7) is 5.71. The van der Waals surface area contributed by atoms with Crippen molar-refractivity contribution in [1.29, 1.82) is 0 Å². The van der Waals surface area contributed by atoms with Crippen LogP contribution in [0, 0.1) is 20.8 Å². The van der Waals surface area contributed by atoms with E-state index in [2.05, 4.69) is 5.32 Å². The van der Waals surface area contributed by atoms with Gasteiger partial charge in [0.25, 0.3) is 11.8 Å². The number of hydrogen-bond donors (Lipinski definition) is 1. The lowest BCUT2D eigenvalue weighted by Gasteiger charge is -2.19. The lowest BCUT2D eigenvalue weighted by Crippen LogP contribution is -2.33. The van der Waals surface area contributed by atoms with Gasteiger partial charge < -0.3 is 10.1 Å². The van der Waals surface area contributed by atoms with Crippen LogP contribution in [0.4, 0.5) is 11.4 Å². The summed E-state index contributed by atoms with van der Waals surface area (Å²) < 4.78 is 5.50. The van der Waals surface area contributed by atoms with E-state index in [1.807, 2.05) is 44.2 Å². The standard InChI is InChI=1S/C26H23ClN2O3/c1-15-12-13-16(2)20(14-15)28-24-23(18-8-5-6-11-22(18)32-4)25(30)29(26(24)31)21-10-7-9-19(27)17(21)3/h5-14,28H,1-4H3. The fraction of sp³-hybridized carbons (Fsp3) is 0.154. The Hall–Kier alpha value is -3.57. The average Bonchev–Trinajstić information content (AvgIpc) is 3.02. The van der Waals surface area contributed by atoms with Crippen molar-refractivity contribution >= 4 is 40.4 Å². The van der Waals surface area contributed by atoms with Crippen LogP contribution in [0.25, 0.3) is 5.57 Å². The summed E-state index contributed by atoms with van der Waals surface area (Å²) in [6, 6.07) is 18.3. The van der Waals surface area contributed by atoms with Crippen LogP contribution in [0.2, 0.25) is 5.02 Å². The van der Waals surface area contributed by atoms with Gasteiger partial charge in [0.2, 0.25) is 0 Å². The molecule has 6 heteroatoms. The first-order chi connectivity index (χ1) is 15.3. The molecule has 0 radical (unpaired) electrons. The summed E-state index contributed by atoms with van der Waals surface area (Å²) in [5.41, 5.74) is 4.87. The Morgan fingerprint density at radius 2 is 1.66 bits per heavy atom. The van der Waals surface area contributed by atoms with Crippen LogP contribution in [0.5, 0.6) is 5.75 Å². The zero-order valence-electron chi connectivity index (χ0n) is 18.3. The first kappa shape index (κ1) is 21.7. The maximum atomic E-state index is 13.7. The molecule has 32 heavy (non-hydrogen) atoms. The summed E-state index contributed by atoms with van der Waals surface area (Å²) in [5.74, 6) is -0.367. The van der Waals surface area contributed by atoms with Crippen molar-refractivity contribution in [2.75, 3.05) is 17.3 Å². The van der Waals surface area contributed by atoms with Crippen LogP contribution in [-0.4, -0.2) is 18.9 Å². The van der Waals surface area contributed by atoms with Gasteiger partial charge in [-0.15, -0.1) is 0 Å². The summed E-state index contributed by atoms with van der Waals surface area (Å²) in [7, 11) is 1.54. The van der Waals surface area contributed by atoms with Crippen molar-refractivity contribution in [3.05, 3.63) is 93.6 Å². The molecule has 0 saturated heterocycles. The van der Waals surface area contributed by atoms with E-state index in [0.29, 0.717) is 27.6 Å². The van der Waals surface area contributed by atoms with Crippen molar-refractivity contribution in [2.45, 2.75) is 20.8 Å². The van der Waals surface area contributed by atoms with Gasteiger partial charge in [0, 0.05) is 16.3 Å². The van der Waals surface area contributed by atoms with Gasteiger partial charge in [-0.2, -0.15) is 0 Å². The molecule has 1 aliphatic heterocycles. The Morgan fingerprint density at radius 3 is 2.41 bits per heavy atom. The molecule has 5 nitrogen and oxygen atoms in total. The molecule has 3 aromatic carbocycles. The number of nitrogens with one attached hydrogen (secondary N) is 1. The van der Waals surface area contributed by atoms with E-state index >= 15 is 0 Å². The van der Waals surface area contributed by atoms with Gasteiger partial charge in [0.05, 0.1) is 18.4 Å². The minimum absolute atomic E-state index is 0.201. The molecule has 1 N–H and O–H groups in total. The predicted molar refractivity (Wildman–Crippen MR) is 128 cm³/mol. The molecule has 0 spiro atoms. The second-order valence-corrected chi connectivity index (χ2v) is 8.13. The number of aryl methyl sites for hydroxylation is 2. The van der Waals surface area contributed by atoms with Gasteiger partial charge in [0.15, 0.2) is 0 Å². The molecule has 0 fully saturated rings. The minimum atomic E-state index is -0.442. The van der Waals surface area contributed by atoms with Crippen molar-refractivity contribution in [2.24, 2.45) is 0 Å².